The monoisotopic (exact) mass is 432 g/mol. The highest BCUT2D eigenvalue weighted by molar-refractivity contribution is 9.11. The zero-order chi connectivity index (χ0) is 15.6. The molecule has 7 heteroatoms. The van der Waals surface area contributed by atoms with Gasteiger partial charge in [-0.3, -0.25) is 0 Å². The van der Waals surface area contributed by atoms with E-state index in [1.165, 1.54) is 0 Å². The summed E-state index contributed by atoms with van der Waals surface area (Å²) in [6.07, 6.45) is 0. The Labute approximate surface area is 141 Å². The minimum atomic E-state index is -3.61. The first-order chi connectivity index (χ1) is 9.79. The van der Waals surface area contributed by atoms with E-state index >= 15 is 0 Å². The van der Waals surface area contributed by atoms with Crippen molar-refractivity contribution in [1.82, 2.24) is 4.72 Å². The number of hydrogen-bond acceptors (Lipinski definition) is 3. The summed E-state index contributed by atoms with van der Waals surface area (Å²) in [5.41, 5.74) is 8.04. The van der Waals surface area contributed by atoms with Gasteiger partial charge in [-0.2, -0.15) is 0 Å². The fraction of sp³-hybridized carbons (Fsp3) is 0.143. The van der Waals surface area contributed by atoms with Crippen LogP contribution in [0.4, 0.5) is 5.69 Å². The van der Waals surface area contributed by atoms with Crippen LogP contribution in [0.3, 0.4) is 0 Å². The highest BCUT2D eigenvalue weighted by Crippen LogP contribution is 2.28. The summed E-state index contributed by atoms with van der Waals surface area (Å²) in [7, 11) is -3.61. The summed E-state index contributed by atoms with van der Waals surface area (Å²) in [6, 6.07) is 10.4. The highest BCUT2D eigenvalue weighted by atomic mass is 79.9. The molecule has 0 bridgehead atoms. The molecular formula is C14H14Br2N2O2S. The SMILES string of the molecule is Cc1cc(Br)c(S(=O)(=O)NCc2cccc(N)c2)cc1Br. The van der Waals surface area contributed by atoms with Gasteiger partial charge >= 0.3 is 0 Å². The lowest BCUT2D eigenvalue weighted by atomic mass is 10.2. The standard InChI is InChI=1S/C14H14Br2N2O2S/c1-9-5-13(16)14(7-12(9)15)21(19,20)18-8-10-3-2-4-11(17)6-10/h2-7,18H,8,17H2,1H3. The Morgan fingerprint density at radius 1 is 1.14 bits per heavy atom. The second-order valence-electron chi connectivity index (χ2n) is 4.60. The van der Waals surface area contributed by atoms with Crippen molar-refractivity contribution < 1.29 is 8.42 Å². The third kappa shape index (κ3) is 4.06. The van der Waals surface area contributed by atoms with E-state index in [0.717, 1.165) is 15.6 Å². The summed E-state index contributed by atoms with van der Waals surface area (Å²) < 4.78 is 28.6. The molecule has 3 N–H and O–H groups in total. The molecule has 0 saturated heterocycles. The number of nitrogens with two attached hydrogens (primary N) is 1. The van der Waals surface area contributed by atoms with Crippen LogP contribution in [0.25, 0.3) is 0 Å². The van der Waals surface area contributed by atoms with E-state index in [4.69, 9.17) is 5.73 Å². The van der Waals surface area contributed by atoms with E-state index < -0.39 is 10.0 Å². The normalized spacial score (nSPS) is 11.6. The number of hydrogen-bond donors (Lipinski definition) is 2. The van der Waals surface area contributed by atoms with Crippen LogP contribution in [0.5, 0.6) is 0 Å². The predicted octanol–water partition coefficient (Wildman–Crippen LogP) is 3.58. The number of nitrogen functional groups attached to an aromatic ring is 1. The highest BCUT2D eigenvalue weighted by Gasteiger charge is 2.18. The average molecular weight is 434 g/mol. The number of sulfonamides is 1. The van der Waals surface area contributed by atoms with E-state index in [0.29, 0.717) is 10.2 Å². The van der Waals surface area contributed by atoms with Crippen LogP contribution < -0.4 is 10.5 Å². The van der Waals surface area contributed by atoms with Crippen molar-refractivity contribution in [1.29, 1.82) is 0 Å². The van der Waals surface area contributed by atoms with Crippen LogP contribution in [0.1, 0.15) is 11.1 Å². The summed E-state index contributed by atoms with van der Waals surface area (Å²) in [4.78, 5) is 0.198. The Hall–Kier alpha value is -0.890. The summed E-state index contributed by atoms with van der Waals surface area (Å²) >= 11 is 6.64. The van der Waals surface area contributed by atoms with E-state index in [1.54, 1.807) is 30.3 Å². The largest absolute Gasteiger partial charge is 0.399 e. The minimum absolute atomic E-state index is 0.186. The molecule has 2 aromatic carbocycles. The number of anilines is 1. The van der Waals surface area contributed by atoms with Crippen molar-refractivity contribution in [3.63, 3.8) is 0 Å². The fourth-order valence-electron chi connectivity index (χ4n) is 1.79. The smallest absolute Gasteiger partial charge is 0.242 e. The Morgan fingerprint density at radius 3 is 2.52 bits per heavy atom. The van der Waals surface area contributed by atoms with Crippen molar-refractivity contribution >= 4 is 47.6 Å². The molecule has 0 spiro atoms. The number of rotatable bonds is 4. The van der Waals surface area contributed by atoms with Gasteiger partial charge in [-0.25, -0.2) is 13.1 Å². The topological polar surface area (TPSA) is 72.2 Å². The van der Waals surface area contributed by atoms with Crippen molar-refractivity contribution in [3.8, 4) is 0 Å². The molecule has 0 aliphatic rings. The molecule has 0 aliphatic carbocycles. The molecule has 4 nitrogen and oxygen atoms in total. The van der Waals surface area contributed by atoms with Gasteiger partial charge in [-0.15, -0.1) is 0 Å². The zero-order valence-corrected chi connectivity index (χ0v) is 15.2. The van der Waals surface area contributed by atoms with Gasteiger partial charge in [-0.05, 0) is 58.2 Å². The molecule has 2 aromatic rings. The lowest BCUT2D eigenvalue weighted by Gasteiger charge is -2.11. The molecule has 0 heterocycles. The number of benzene rings is 2. The quantitative estimate of drug-likeness (QED) is 0.723. The van der Waals surface area contributed by atoms with Crippen LogP contribution >= 0.6 is 31.9 Å². The second kappa shape index (κ2) is 6.48. The molecule has 0 aliphatic heterocycles. The van der Waals surface area contributed by atoms with Crippen molar-refractivity contribution in [2.45, 2.75) is 18.4 Å². The molecule has 0 atom stereocenters. The summed E-state index contributed by atoms with van der Waals surface area (Å²) in [5.74, 6) is 0. The van der Waals surface area contributed by atoms with Crippen LogP contribution in [0.15, 0.2) is 50.2 Å². The molecule has 21 heavy (non-hydrogen) atoms. The lowest BCUT2D eigenvalue weighted by Crippen LogP contribution is -2.23. The third-order valence-electron chi connectivity index (χ3n) is 2.92. The molecule has 0 saturated carbocycles. The molecule has 2 rings (SSSR count). The molecular weight excluding hydrogens is 420 g/mol. The van der Waals surface area contributed by atoms with Gasteiger partial charge in [0.1, 0.15) is 0 Å². The Kier molecular flexibility index (Phi) is 5.08. The van der Waals surface area contributed by atoms with Crippen LogP contribution in [-0.2, 0) is 16.6 Å². The van der Waals surface area contributed by atoms with Gasteiger partial charge in [0.2, 0.25) is 10.0 Å². The maximum Gasteiger partial charge on any atom is 0.242 e. The van der Waals surface area contributed by atoms with Crippen molar-refractivity contribution in [2.24, 2.45) is 0 Å². The molecule has 112 valence electrons. The second-order valence-corrected chi connectivity index (χ2v) is 8.05. The number of aryl methyl sites for hydroxylation is 1. The molecule has 0 fully saturated rings. The minimum Gasteiger partial charge on any atom is -0.399 e. The third-order valence-corrected chi connectivity index (χ3v) is 6.13. The van der Waals surface area contributed by atoms with Crippen molar-refractivity contribution in [3.05, 3.63) is 56.5 Å². The Bertz CT molecular complexity index is 777. The van der Waals surface area contributed by atoms with Gasteiger partial charge in [0.25, 0.3) is 0 Å². The van der Waals surface area contributed by atoms with Crippen molar-refractivity contribution in [2.75, 3.05) is 5.73 Å². The van der Waals surface area contributed by atoms with E-state index in [-0.39, 0.29) is 11.4 Å². The zero-order valence-electron chi connectivity index (χ0n) is 11.2. The fourth-order valence-corrected chi connectivity index (χ4v) is 4.49. The first kappa shape index (κ1) is 16.5. The van der Waals surface area contributed by atoms with Gasteiger partial charge in [0, 0.05) is 21.2 Å². The first-order valence-corrected chi connectivity index (χ1v) is 9.16. The molecule has 0 radical (unpaired) electrons. The van der Waals surface area contributed by atoms with Crippen LogP contribution in [0, 0.1) is 6.92 Å². The Balaban J connectivity index is 2.25. The van der Waals surface area contributed by atoms with Gasteiger partial charge in [0.15, 0.2) is 0 Å². The van der Waals surface area contributed by atoms with E-state index in [2.05, 4.69) is 36.6 Å². The number of halogens is 2. The van der Waals surface area contributed by atoms with E-state index in [9.17, 15) is 8.42 Å². The van der Waals surface area contributed by atoms with Gasteiger partial charge in [-0.1, -0.05) is 28.1 Å². The summed E-state index contributed by atoms with van der Waals surface area (Å²) in [5, 5.41) is 0. The summed E-state index contributed by atoms with van der Waals surface area (Å²) in [6.45, 7) is 2.08. The maximum atomic E-state index is 12.4. The number of nitrogens with one attached hydrogen (secondary N) is 1. The van der Waals surface area contributed by atoms with Crippen LogP contribution in [-0.4, -0.2) is 8.42 Å². The average Bonchev–Trinajstić information content (AvgIpc) is 2.41. The van der Waals surface area contributed by atoms with E-state index in [1.807, 2.05) is 13.0 Å². The Morgan fingerprint density at radius 2 is 1.86 bits per heavy atom. The van der Waals surface area contributed by atoms with Gasteiger partial charge < -0.3 is 5.73 Å². The van der Waals surface area contributed by atoms with Gasteiger partial charge in [0.05, 0.1) is 4.90 Å². The molecule has 0 aromatic heterocycles. The predicted molar refractivity (Wildman–Crippen MR) is 91.5 cm³/mol. The maximum absolute atomic E-state index is 12.4. The van der Waals surface area contributed by atoms with Crippen LogP contribution in [0.2, 0.25) is 0 Å². The first-order valence-electron chi connectivity index (χ1n) is 6.09. The molecule has 0 amide bonds. The lowest BCUT2D eigenvalue weighted by molar-refractivity contribution is 0.580. The molecule has 0 unspecified atom stereocenters.